The standard InChI is InChI=1S/C25H25BrN6/c1-18(2)20-14-16-21(17-15-20)23-27-22(32(29-23)25-28-24(26)30-31(25)3)13-9-5-8-12-19-10-6-4-7-11-19/h4,6-7,10-11,14-18H,5,9,13H2,1-3H3. The third kappa shape index (κ3) is 5.14. The first-order chi connectivity index (χ1) is 15.5. The van der Waals surface area contributed by atoms with Crippen LogP contribution in [0.15, 0.2) is 59.3 Å². The monoisotopic (exact) mass is 488 g/mol. The molecule has 0 unspecified atom stereocenters. The number of benzene rings is 2. The highest BCUT2D eigenvalue weighted by molar-refractivity contribution is 9.10. The smallest absolute Gasteiger partial charge is 0.232 e. The van der Waals surface area contributed by atoms with Crippen LogP contribution in [-0.4, -0.2) is 29.5 Å². The predicted octanol–water partition coefficient (Wildman–Crippen LogP) is 5.32. The van der Waals surface area contributed by atoms with E-state index in [1.807, 2.05) is 37.4 Å². The zero-order chi connectivity index (χ0) is 22.5. The molecule has 0 aliphatic rings. The Hall–Kier alpha value is -3.24. The summed E-state index contributed by atoms with van der Waals surface area (Å²) in [5, 5.41) is 9.07. The van der Waals surface area contributed by atoms with Gasteiger partial charge in [0.05, 0.1) is 0 Å². The van der Waals surface area contributed by atoms with Gasteiger partial charge in [0.2, 0.25) is 4.73 Å². The SMILES string of the molecule is CC(C)c1ccc(-c2nc(CCCC#Cc3ccccc3)n(-c3nc(Br)nn3C)n2)cc1. The maximum atomic E-state index is 4.84. The molecule has 0 saturated heterocycles. The molecule has 0 spiro atoms. The van der Waals surface area contributed by atoms with Gasteiger partial charge in [-0.2, -0.15) is 9.67 Å². The van der Waals surface area contributed by atoms with E-state index in [2.05, 4.69) is 76.0 Å². The quantitative estimate of drug-likeness (QED) is 0.272. The molecular weight excluding hydrogens is 464 g/mol. The highest BCUT2D eigenvalue weighted by Gasteiger charge is 2.17. The summed E-state index contributed by atoms with van der Waals surface area (Å²) in [7, 11) is 1.85. The number of hydrogen-bond donors (Lipinski definition) is 0. The van der Waals surface area contributed by atoms with Crippen molar-refractivity contribution in [2.24, 2.45) is 7.05 Å². The minimum atomic E-state index is 0.484. The molecular formula is C25H25BrN6. The normalized spacial score (nSPS) is 10.9. The molecule has 0 saturated carbocycles. The summed E-state index contributed by atoms with van der Waals surface area (Å²) in [4.78, 5) is 9.32. The van der Waals surface area contributed by atoms with Crippen LogP contribution in [-0.2, 0) is 13.5 Å². The van der Waals surface area contributed by atoms with Gasteiger partial charge in [-0.25, -0.2) is 9.67 Å². The molecule has 2 aromatic carbocycles. The van der Waals surface area contributed by atoms with Crippen molar-refractivity contribution in [3.8, 4) is 29.2 Å². The van der Waals surface area contributed by atoms with Crippen molar-refractivity contribution in [2.45, 2.75) is 39.0 Å². The van der Waals surface area contributed by atoms with Crippen LogP contribution in [0.25, 0.3) is 17.3 Å². The Morgan fingerprint density at radius 3 is 2.38 bits per heavy atom. The van der Waals surface area contributed by atoms with Gasteiger partial charge in [0.15, 0.2) is 5.82 Å². The lowest BCUT2D eigenvalue weighted by molar-refractivity contribution is 0.653. The van der Waals surface area contributed by atoms with E-state index >= 15 is 0 Å². The molecule has 7 heteroatoms. The minimum Gasteiger partial charge on any atom is -0.232 e. The molecule has 162 valence electrons. The summed E-state index contributed by atoms with van der Waals surface area (Å²) in [6.07, 6.45) is 2.40. The maximum absolute atomic E-state index is 4.84. The van der Waals surface area contributed by atoms with E-state index in [0.717, 1.165) is 36.2 Å². The van der Waals surface area contributed by atoms with E-state index < -0.39 is 0 Å². The molecule has 0 amide bonds. The lowest BCUT2D eigenvalue weighted by atomic mass is 10.0. The molecule has 0 aliphatic carbocycles. The molecule has 2 heterocycles. The van der Waals surface area contributed by atoms with Crippen molar-refractivity contribution < 1.29 is 0 Å². The summed E-state index contributed by atoms with van der Waals surface area (Å²) < 4.78 is 4.00. The molecule has 2 aromatic heterocycles. The summed E-state index contributed by atoms with van der Waals surface area (Å²) in [6.45, 7) is 4.37. The molecule has 4 aromatic rings. The Bertz CT molecular complexity index is 1240. The van der Waals surface area contributed by atoms with Crippen molar-refractivity contribution in [1.29, 1.82) is 0 Å². The molecule has 0 fully saturated rings. The van der Waals surface area contributed by atoms with E-state index in [1.165, 1.54) is 5.56 Å². The fourth-order valence-corrected chi connectivity index (χ4v) is 3.75. The van der Waals surface area contributed by atoms with E-state index in [-0.39, 0.29) is 0 Å². The van der Waals surface area contributed by atoms with E-state index in [9.17, 15) is 0 Å². The van der Waals surface area contributed by atoms with Crippen LogP contribution in [0.2, 0.25) is 0 Å². The molecule has 32 heavy (non-hydrogen) atoms. The number of unbranched alkanes of at least 4 members (excludes halogenated alkanes) is 1. The number of nitrogens with zero attached hydrogens (tertiary/aromatic N) is 6. The first-order valence-electron chi connectivity index (χ1n) is 10.7. The molecule has 0 radical (unpaired) electrons. The molecule has 0 N–H and O–H groups in total. The first-order valence-corrected chi connectivity index (χ1v) is 11.5. The second kappa shape index (κ2) is 9.92. The van der Waals surface area contributed by atoms with E-state index in [0.29, 0.717) is 22.4 Å². The average Bonchev–Trinajstić information content (AvgIpc) is 3.36. The third-order valence-corrected chi connectivity index (χ3v) is 5.46. The van der Waals surface area contributed by atoms with Crippen LogP contribution in [0.1, 0.15) is 49.6 Å². The number of rotatable bonds is 6. The molecule has 4 rings (SSSR count). The Kier molecular flexibility index (Phi) is 6.81. The summed E-state index contributed by atoms with van der Waals surface area (Å²) in [5.74, 6) is 9.10. The van der Waals surface area contributed by atoms with E-state index in [4.69, 9.17) is 10.1 Å². The van der Waals surface area contributed by atoms with Crippen LogP contribution in [0.3, 0.4) is 0 Å². The van der Waals surface area contributed by atoms with Crippen molar-refractivity contribution in [2.75, 3.05) is 0 Å². The summed E-state index contributed by atoms with van der Waals surface area (Å²) in [6, 6.07) is 18.5. The number of aryl methyl sites for hydroxylation is 2. The highest BCUT2D eigenvalue weighted by Crippen LogP contribution is 2.22. The molecule has 0 bridgehead atoms. The predicted molar refractivity (Wildman–Crippen MR) is 129 cm³/mol. The number of aromatic nitrogens is 6. The molecule has 0 aliphatic heterocycles. The lowest BCUT2D eigenvalue weighted by Gasteiger charge is -2.04. The Balaban J connectivity index is 1.57. The minimum absolute atomic E-state index is 0.484. The second-order valence-electron chi connectivity index (χ2n) is 7.87. The van der Waals surface area contributed by atoms with Crippen molar-refractivity contribution in [1.82, 2.24) is 29.5 Å². The second-order valence-corrected chi connectivity index (χ2v) is 8.58. The Morgan fingerprint density at radius 1 is 0.969 bits per heavy atom. The van der Waals surface area contributed by atoms with Gasteiger partial charge in [-0.05, 0) is 46.0 Å². The van der Waals surface area contributed by atoms with Gasteiger partial charge >= 0.3 is 0 Å². The maximum Gasteiger partial charge on any atom is 0.251 e. The van der Waals surface area contributed by atoms with Crippen LogP contribution >= 0.6 is 15.9 Å². The number of hydrogen-bond acceptors (Lipinski definition) is 4. The van der Waals surface area contributed by atoms with Crippen molar-refractivity contribution in [3.05, 3.63) is 76.3 Å². The van der Waals surface area contributed by atoms with Gasteiger partial charge < -0.3 is 0 Å². The summed E-state index contributed by atoms with van der Waals surface area (Å²) >= 11 is 3.35. The van der Waals surface area contributed by atoms with Gasteiger partial charge in [0, 0.05) is 31.0 Å². The first kappa shape index (κ1) is 22.0. The van der Waals surface area contributed by atoms with Gasteiger partial charge in [-0.15, -0.1) is 10.2 Å². The van der Waals surface area contributed by atoms with E-state index in [1.54, 1.807) is 9.36 Å². The Morgan fingerprint density at radius 2 is 1.72 bits per heavy atom. The van der Waals surface area contributed by atoms with Crippen molar-refractivity contribution in [3.63, 3.8) is 0 Å². The van der Waals surface area contributed by atoms with Gasteiger partial charge in [-0.1, -0.05) is 68.2 Å². The molecule has 0 atom stereocenters. The largest absolute Gasteiger partial charge is 0.251 e. The average molecular weight is 489 g/mol. The molecule has 6 nitrogen and oxygen atoms in total. The lowest BCUT2D eigenvalue weighted by Crippen LogP contribution is -2.10. The third-order valence-electron chi connectivity index (χ3n) is 5.12. The zero-order valence-corrected chi connectivity index (χ0v) is 20.0. The number of halogens is 1. The van der Waals surface area contributed by atoms with Crippen LogP contribution in [0.4, 0.5) is 0 Å². The van der Waals surface area contributed by atoms with Gasteiger partial charge in [0.25, 0.3) is 5.95 Å². The fourth-order valence-electron chi connectivity index (χ4n) is 3.36. The van der Waals surface area contributed by atoms with Gasteiger partial charge in [0.1, 0.15) is 5.82 Å². The topological polar surface area (TPSA) is 61.4 Å². The fraction of sp³-hybridized carbons (Fsp3) is 0.280. The summed E-state index contributed by atoms with van der Waals surface area (Å²) in [5.41, 5.74) is 3.31. The highest BCUT2D eigenvalue weighted by atomic mass is 79.9. The van der Waals surface area contributed by atoms with Crippen molar-refractivity contribution >= 4 is 15.9 Å². The van der Waals surface area contributed by atoms with Crippen LogP contribution < -0.4 is 0 Å². The zero-order valence-electron chi connectivity index (χ0n) is 18.5. The Labute approximate surface area is 196 Å². The van der Waals surface area contributed by atoms with Crippen LogP contribution in [0.5, 0.6) is 0 Å². The van der Waals surface area contributed by atoms with Gasteiger partial charge in [-0.3, -0.25) is 0 Å². The van der Waals surface area contributed by atoms with Crippen LogP contribution in [0, 0.1) is 11.8 Å².